The van der Waals surface area contributed by atoms with Crippen LogP contribution in [0.25, 0.3) is 17.0 Å². The van der Waals surface area contributed by atoms with Gasteiger partial charge in [-0.15, -0.1) is 0 Å². The lowest BCUT2D eigenvalue weighted by Gasteiger charge is -2.16. The number of aromatic nitrogens is 1. The third-order valence-corrected chi connectivity index (χ3v) is 6.33. The van der Waals surface area contributed by atoms with Gasteiger partial charge in [-0.3, -0.25) is 9.69 Å². The third-order valence-electron chi connectivity index (χ3n) is 4.95. The molecule has 3 aromatic rings. The van der Waals surface area contributed by atoms with Crippen LogP contribution in [0.2, 0.25) is 0 Å². The molecule has 2 heterocycles. The Bertz CT molecular complexity index is 1170. The van der Waals surface area contributed by atoms with Crippen LogP contribution in [-0.4, -0.2) is 32.8 Å². The molecule has 31 heavy (non-hydrogen) atoms. The van der Waals surface area contributed by atoms with E-state index < -0.39 is 0 Å². The molecule has 1 aromatic heterocycles. The molecule has 0 N–H and O–H groups in total. The monoisotopic (exact) mass is 454 g/mol. The van der Waals surface area contributed by atoms with Gasteiger partial charge in [0.2, 0.25) is 0 Å². The molecule has 7 heteroatoms. The van der Waals surface area contributed by atoms with E-state index >= 15 is 0 Å². The van der Waals surface area contributed by atoms with E-state index in [1.807, 2.05) is 36.5 Å². The van der Waals surface area contributed by atoms with Crippen LogP contribution in [-0.2, 0) is 11.3 Å². The fourth-order valence-corrected chi connectivity index (χ4v) is 4.82. The van der Waals surface area contributed by atoms with Gasteiger partial charge in [-0.2, -0.15) is 0 Å². The molecule has 4 rings (SSSR count). The van der Waals surface area contributed by atoms with Gasteiger partial charge in [0.05, 0.1) is 11.4 Å². The Balaban J connectivity index is 1.57. The normalized spacial score (nSPS) is 15.6. The quantitative estimate of drug-likeness (QED) is 0.338. The van der Waals surface area contributed by atoms with Crippen molar-refractivity contribution in [2.45, 2.75) is 20.4 Å². The van der Waals surface area contributed by atoms with Crippen LogP contribution in [0.1, 0.15) is 19.4 Å². The summed E-state index contributed by atoms with van der Waals surface area (Å²) >= 11 is 6.77. The van der Waals surface area contributed by atoms with Crippen molar-refractivity contribution >= 4 is 51.2 Å². The first kappa shape index (κ1) is 21.6. The summed E-state index contributed by atoms with van der Waals surface area (Å²) < 4.78 is 22.1. The Kier molecular flexibility index (Phi) is 6.43. The topological polar surface area (TPSA) is 34.5 Å². The van der Waals surface area contributed by atoms with Crippen LogP contribution in [0.15, 0.2) is 59.6 Å². The minimum Gasteiger partial charge on any atom is -0.489 e. The van der Waals surface area contributed by atoms with E-state index in [-0.39, 0.29) is 17.5 Å². The van der Waals surface area contributed by atoms with Gasteiger partial charge in [0.15, 0.2) is 11.6 Å². The first-order valence-electron chi connectivity index (χ1n) is 10.1. The van der Waals surface area contributed by atoms with Gasteiger partial charge in [-0.05, 0) is 30.2 Å². The number of amides is 1. The molecule has 0 atom stereocenters. The summed E-state index contributed by atoms with van der Waals surface area (Å²) in [5.74, 6) is 0.179. The molecule has 0 spiro atoms. The minimum absolute atomic E-state index is 0.0385. The molecule has 160 valence electrons. The van der Waals surface area contributed by atoms with Crippen molar-refractivity contribution in [3.8, 4) is 5.75 Å². The predicted molar refractivity (Wildman–Crippen MR) is 129 cm³/mol. The summed E-state index contributed by atoms with van der Waals surface area (Å²) in [5.41, 5.74) is 1.98. The van der Waals surface area contributed by atoms with E-state index in [2.05, 4.69) is 18.4 Å². The number of para-hydroxylation sites is 2. The summed E-state index contributed by atoms with van der Waals surface area (Å²) in [5, 5.41) is 1.04. The number of fused-ring (bicyclic) bond motifs is 1. The van der Waals surface area contributed by atoms with Crippen LogP contribution >= 0.6 is 24.0 Å². The fraction of sp³-hybridized carbons (Fsp3) is 0.250. The first-order chi connectivity index (χ1) is 14.9. The summed E-state index contributed by atoms with van der Waals surface area (Å²) in [6, 6.07) is 14.4. The molecule has 0 unspecified atom stereocenters. The Hall–Kier alpha value is -2.64. The van der Waals surface area contributed by atoms with Gasteiger partial charge >= 0.3 is 0 Å². The zero-order chi connectivity index (χ0) is 22.0. The zero-order valence-corrected chi connectivity index (χ0v) is 19.0. The van der Waals surface area contributed by atoms with Gasteiger partial charge in [0.1, 0.15) is 10.9 Å². The minimum atomic E-state index is -0.371. The number of carbonyl (C=O) groups is 1. The number of carbonyl (C=O) groups excluding carboxylic acids is 1. The zero-order valence-electron chi connectivity index (χ0n) is 17.4. The lowest BCUT2D eigenvalue weighted by atomic mass is 10.1. The van der Waals surface area contributed by atoms with Gasteiger partial charge in [-0.25, -0.2) is 4.39 Å². The number of rotatable bonds is 7. The molecule has 0 saturated carbocycles. The number of hydrogen-bond donors (Lipinski definition) is 0. The van der Waals surface area contributed by atoms with Crippen LogP contribution in [0.3, 0.4) is 0 Å². The summed E-state index contributed by atoms with van der Waals surface area (Å²) in [6.45, 7) is 5.64. The second-order valence-electron chi connectivity index (χ2n) is 7.76. The Morgan fingerprint density at radius 1 is 1.16 bits per heavy atom. The number of thiocarbonyl (C=S) groups is 1. The van der Waals surface area contributed by atoms with Gasteiger partial charge < -0.3 is 9.30 Å². The molecule has 1 fully saturated rings. The molecular weight excluding hydrogens is 431 g/mol. The summed E-state index contributed by atoms with van der Waals surface area (Å²) in [7, 11) is 0. The van der Waals surface area contributed by atoms with E-state index in [0.717, 1.165) is 16.5 Å². The second-order valence-corrected chi connectivity index (χ2v) is 9.44. The van der Waals surface area contributed by atoms with E-state index in [1.54, 1.807) is 23.1 Å². The highest BCUT2D eigenvalue weighted by molar-refractivity contribution is 8.26. The van der Waals surface area contributed by atoms with Crippen molar-refractivity contribution in [3.63, 3.8) is 0 Å². The third kappa shape index (κ3) is 4.67. The number of thioether (sulfide) groups is 1. The number of benzene rings is 2. The van der Waals surface area contributed by atoms with Crippen molar-refractivity contribution in [1.82, 2.24) is 9.47 Å². The smallest absolute Gasteiger partial charge is 0.266 e. The second kappa shape index (κ2) is 9.24. The highest BCUT2D eigenvalue weighted by atomic mass is 32.2. The molecule has 1 aliphatic rings. The average Bonchev–Trinajstić information content (AvgIpc) is 3.22. The predicted octanol–water partition coefficient (Wildman–Crippen LogP) is 5.72. The Labute approximate surface area is 190 Å². The molecule has 1 aliphatic heterocycles. The van der Waals surface area contributed by atoms with E-state index in [4.69, 9.17) is 17.0 Å². The number of halogens is 1. The van der Waals surface area contributed by atoms with Crippen LogP contribution in [0.4, 0.5) is 4.39 Å². The largest absolute Gasteiger partial charge is 0.489 e. The fourth-order valence-electron chi connectivity index (χ4n) is 3.55. The SMILES string of the molecule is CC(C)CN1C(=O)/C(=C/c2cn(CCOc3ccccc3F)c3ccccc23)SC1=S. The van der Waals surface area contributed by atoms with Crippen LogP contribution < -0.4 is 4.74 Å². The molecular formula is C24H23FN2O2S2. The van der Waals surface area contributed by atoms with Crippen molar-refractivity contribution < 1.29 is 13.9 Å². The van der Waals surface area contributed by atoms with Crippen molar-refractivity contribution in [2.24, 2.45) is 5.92 Å². The maximum Gasteiger partial charge on any atom is 0.266 e. The van der Waals surface area contributed by atoms with Gasteiger partial charge in [-0.1, -0.05) is 68.2 Å². The lowest BCUT2D eigenvalue weighted by Crippen LogP contribution is -2.31. The summed E-state index contributed by atoms with van der Waals surface area (Å²) in [6.07, 6.45) is 3.92. The standard InChI is InChI=1S/C24H23FN2O2S2/c1-16(2)14-27-23(28)22(31-24(27)30)13-17-15-26(20-9-5-3-7-18(17)20)11-12-29-21-10-6-4-8-19(21)25/h3-10,13,15-16H,11-12,14H2,1-2H3/b22-13-. The highest BCUT2D eigenvalue weighted by Gasteiger charge is 2.32. The molecule has 0 bridgehead atoms. The summed E-state index contributed by atoms with van der Waals surface area (Å²) in [4.78, 5) is 15.2. The molecule has 1 saturated heterocycles. The molecule has 0 radical (unpaired) electrons. The van der Waals surface area contributed by atoms with Crippen molar-refractivity contribution in [1.29, 1.82) is 0 Å². The van der Waals surface area contributed by atoms with E-state index in [9.17, 15) is 9.18 Å². The van der Waals surface area contributed by atoms with Crippen molar-refractivity contribution in [2.75, 3.05) is 13.2 Å². The van der Waals surface area contributed by atoms with Crippen molar-refractivity contribution in [3.05, 3.63) is 71.0 Å². The first-order valence-corrected chi connectivity index (χ1v) is 11.4. The average molecular weight is 455 g/mol. The Morgan fingerprint density at radius 2 is 1.90 bits per heavy atom. The van der Waals surface area contributed by atoms with Gasteiger partial charge in [0.25, 0.3) is 5.91 Å². The Morgan fingerprint density at radius 3 is 2.68 bits per heavy atom. The maximum atomic E-state index is 13.8. The van der Waals surface area contributed by atoms with E-state index in [0.29, 0.717) is 34.8 Å². The number of ether oxygens (including phenoxy) is 1. The molecule has 2 aromatic carbocycles. The van der Waals surface area contributed by atoms with Gasteiger partial charge in [0, 0.05) is 29.2 Å². The molecule has 0 aliphatic carbocycles. The number of hydrogen-bond acceptors (Lipinski definition) is 4. The van der Waals surface area contributed by atoms with E-state index in [1.165, 1.54) is 17.8 Å². The van der Waals surface area contributed by atoms with Crippen LogP contribution in [0.5, 0.6) is 5.75 Å². The van der Waals surface area contributed by atoms with Crippen LogP contribution in [0, 0.1) is 11.7 Å². The molecule has 4 nitrogen and oxygen atoms in total. The number of nitrogens with zero attached hydrogens (tertiary/aromatic N) is 2. The molecule has 1 amide bonds. The lowest BCUT2D eigenvalue weighted by molar-refractivity contribution is -0.122. The highest BCUT2D eigenvalue weighted by Crippen LogP contribution is 2.34. The maximum absolute atomic E-state index is 13.8.